The van der Waals surface area contributed by atoms with Crippen LogP contribution in [0.25, 0.3) is 10.9 Å². The fraction of sp³-hybridized carbons (Fsp3) is 0.200. The largest absolute Gasteiger partial charge is 0.573 e. The topological polar surface area (TPSA) is 80.4 Å². The lowest BCUT2D eigenvalue weighted by Gasteiger charge is -2.09. The Kier molecular flexibility index (Phi) is 6.06. The lowest BCUT2D eigenvalue weighted by molar-refractivity contribution is -0.274. The maximum absolute atomic E-state index is 12.1. The van der Waals surface area contributed by atoms with Gasteiger partial charge in [0.2, 0.25) is 0 Å². The Morgan fingerprint density at radius 2 is 1.76 bits per heavy atom. The first-order valence-electron chi connectivity index (χ1n) is 8.66. The van der Waals surface area contributed by atoms with Crippen LogP contribution in [0.3, 0.4) is 0 Å². The molecule has 0 radical (unpaired) electrons. The third kappa shape index (κ3) is 5.74. The van der Waals surface area contributed by atoms with Crippen LogP contribution in [-0.2, 0) is 16.0 Å². The Balaban J connectivity index is 1.42. The number of nitrogens with one attached hydrogen (secondary N) is 2. The zero-order chi connectivity index (χ0) is 20.9. The number of aromatic nitrogens is 1. The third-order valence-corrected chi connectivity index (χ3v) is 4.05. The molecule has 3 rings (SSSR count). The molecule has 0 unspecified atom stereocenters. The van der Waals surface area contributed by atoms with Gasteiger partial charge in [0.05, 0.1) is 5.56 Å². The third-order valence-electron chi connectivity index (χ3n) is 4.05. The molecule has 0 atom stereocenters. The van der Waals surface area contributed by atoms with Gasteiger partial charge in [-0.25, -0.2) is 4.79 Å². The van der Waals surface area contributed by atoms with Crippen LogP contribution in [0.15, 0.2) is 54.7 Å². The van der Waals surface area contributed by atoms with Crippen molar-refractivity contribution in [1.82, 2.24) is 10.3 Å². The van der Waals surface area contributed by atoms with Crippen LogP contribution in [-0.4, -0.2) is 36.4 Å². The average molecular weight is 406 g/mol. The van der Waals surface area contributed by atoms with Crippen LogP contribution in [0.4, 0.5) is 13.2 Å². The van der Waals surface area contributed by atoms with Gasteiger partial charge in [-0.15, -0.1) is 13.2 Å². The van der Waals surface area contributed by atoms with Crippen molar-refractivity contribution in [3.8, 4) is 5.75 Å². The Hall–Kier alpha value is -3.49. The second kappa shape index (κ2) is 8.68. The molecule has 0 saturated carbocycles. The van der Waals surface area contributed by atoms with Crippen LogP contribution in [0.5, 0.6) is 5.75 Å². The summed E-state index contributed by atoms with van der Waals surface area (Å²) in [7, 11) is 0. The first kappa shape index (κ1) is 20.2. The summed E-state index contributed by atoms with van der Waals surface area (Å²) in [6, 6.07) is 12.0. The normalized spacial score (nSPS) is 11.3. The highest BCUT2D eigenvalue weighted by Gasteiger charge is 2.31. The van der Waals surface area contributed by atoms with Crippen molar-refractivity contribution in [3.05, 3.63) is 65.9 Å². The number of para-hydroxylation sites is 1. The zero-order valence-corrected chi connectivity index (χ0v) is 15.1. The smallest absolute Gasteiger partial charge is 0.452 e. The van der Waals surface area contributed by atoms with Crippen molar-refractivity contribution in [2.24, 2.45) is 0 Å². The Morgan fingerprint density at radius 1 is 1.03 bits per heavy atom. The second-order valence-corrected chi connectivity index (χ2v) is 6.11. The minimum absolute atomic E-state index is 0.00566. The highest BCUT2D eigenvalue weighted by molar-refractivity contribution is 5.91. The Bertz CT molecular complexity index is 997. The fourth-order valence-electron chi connectivity index (χ4n) is 2.73. The summed E-state index contributed by atoms with van der Waals surface area (Å²) in [5.41, 5.74) is 2.07. The van der Waals surface area contributed by atoms with Gasteiger partial charge in [-0.3, -0.25) is 4.79 Å². The number of alkyl halides is 3. The molecular weight excluding hydrogens is 389 g/mol. The number of H-pyrrole nitrogens is 1. The Labute approximate surface area is 163 Å². The van der Waals surface area contributed by atoms with E-state index in [2.05, 4.69) is 15.0 Å². The first-order valence-corrected chi connectivity index (χ1v) is 8.66. The van der Waals surface area contributed by atoms with Crippen molar-refractivity contribution in [2.75, 3.05) is 13.2 Å². The molecule has 1 aromatic heterocycles. The summed E-state index contributed by atoms with van der Waals surface area (Å²) < 4.78 is 44.9. The van der Waals surface area contributed by atoms with E-state index in [1.165, 1.54) is 0 Å². The predicted octanol–water partition coefficient (Wildman–Crippen LogP) is 3.58. The molecule has 0 spiro atoms. The second-order valence-electron chi connectivity index (χ2n) is 6.11. The number of aromatic amines is 1. The maximum Gasteiger partial charge on any atom is 0.573 e. The average Bonchev–Trinajstić information content (AvgIpc) is 3.09. The van der Waals surface area contributed by atoms with E-state index < -0.39 is 30.6 Å². The highest BCUT2D eigenvalue weighted by atomic mass is 19.4. The Morgan fingerprint density at radius 3 is 2.48 bits per heavy atom. The van der Waals surface area contributed by atoms with Crippen LogP contribution in [0.1, 0.15) is 15.9 Å². The number of rotatable bonds is 7. The molecular formula is C20H17F3N2O4. The van der Waals surface area contributed by atoms with E-state index in [1.54, 1.807) is 0 Å². The fourth-order valence-corrected chi connectivity index (χ4v) is 2.73. The quantitative estimate of drug-likeness (QED) is 0.588. The van der Waals surface area contributed by atoms with E-state index >= 15 is 0 Å². The summed E-state index contributed by atoms with van der Waals surface area (Å²) in [5.74, 6) is -1.75. The van der Waals surface area contributed by atoms with E-state index in [9.17, 15) is 22.8 Å². The predicted molar refractivity (Wildman–Crippen MR) is 98.4 cm³/mol. The summed E-state index contributed by atoms with van der Waals surface area (Å²) in [6.45, 7) is -0.130. The molecule has 0 saturated heterocycles. The highest BCUT2D eigenvalue weighted by Crippen LogP contribution is 2.23. The van der Waals surface area contributed by atoms with Crippen molar-refractivity contribution < 1.29 is 32.2 Å². The number of hydrogen-bond acceptors (Lipinski definition) is 4. The number of fused-ring (bicyclic) bond motifs is 1. The van der Waals surface area contributed by atoms with E-state index in [1.807, 2.05) is 30.5 Å². The van der Waals surface area contributed by atoms with Gasteiger partial charge in [0.1, 0.15) is 5.75 Å². The van der Waals surface area contributed by atoms with Gasteiger partial charge in [0.15, 0.2) is 6.61 Å². The van der Waals surface area contributed by atoms with E-state index in [0.29, 0.717) is 13.0 Å². The van der Waals surface area contributed by atoms with E-state index in [0.717, 1.165) is 40.7 Å². The number of amides is 1. The molecule has 0 aliphatic heterocycles. The summed E-state index contributed by atoms with van der Waals surface area (Å²) in [5, 5.41) is 3.73. The summed E-state index contributed by atoms with van der Waals surface area (Å²) >= 11 is 0. The molecule has 0 aliphatic rings. The number of carbonyl (C=O) groups excluding carboxylic acids is 2. The zero-order valence-electron chi connectivity index (χ0n) is 15.1. The van der Waals surface area contributed by atoms with Crippen LogP contribution < -0.4 is 10.1 Å². The molecule has 2 aromatic carbocycles. The molecule has 3 aromatic rings. The van der Waals surface area contributed by atoms with Crippen LogP contribution in [0, 0.1) is 0 Å². The van der Waals surface area contributed by atoms with Crippen molar-refractivity contribution in [2.45, 2.75) is 12.8 Å². The number of ether oxygens (including phenoxy) is 2. The number of benzene rings is 2. The number of hydrogen-bond donors (Lipinski definition) is 2. The molecule has 1 amide bonds. The summed E-state index contributed by atoms with van der Waals surface area (Å²) in [4.78, 5) is 26.9. The standard InChI is InChI=1S/C20H17F3N2O4/c21-20(22,23)29-15-7-5-13(6-8-15)19(27)28-12-18(26)24-10-9-14-11-25-17-4-2-1-3-16(14)17/h1-8,11,25H,9-10,12H2,(H,24,26). The van der Waals surface area contributed by atoms with Gasteiger partial charge < -0.3 is 19.8 Å². The number of halogens is 3. The SMILES string of the molecule is O=C(COC(=O)c1ccc(OC(F)(F)F)cc1)NCCc1c[nH]c2ccccc12. The van der Waals surface area contributed by atoms with Crippen molar-refractivity contribution >= 4 is 22.8 Å². The monoisotopic (exact) mass is 406 g/mol. The molecule has 1 heterocycles. The molecule has 152 valence electrons. The summed E-state index contributed by atoms with van der Waals surface area (Å²) in [6.07, 6.45) is -2.33. The molecule has 6 nitrogen and oxygen atoms in total. The minimum atomic E-state index is -4.81. The van der Waals surface area contributed by atoms with Crippen LogP contribution in [0.2, 0.25) is 0 Å². The number of carbonyl (C=O) groups is 2. The van der Waals surface area contributed by atoms with E-state index in [-0.39, 0.29) is 5.56 Å². The maximum atomic E-state index is 12.1. The first-order chi connectivity index (χ1) is 13.8. The van der Waals surface area contributed by atoms with Gasteiger partial charge in [-0.05, 0) is 42.3 Å². The molecule has 9 heteroatoms. The van der Waals surface area contributed by atoms with Gasteiger partial charge >= 0.3 is 12.3 Å². The molecule has 0 bridgehead atoms. The van der Waals surface area contributed by atoms with Gasteiger partial charge in [-0.1, -0.05) is 18.2 Å². The molecule has 0 aliphatic carbocycles. The van der Waals surface area contributed by atoms with Gasteiger partial charge in [-0.2, -0.15) is 0 Å². The van der Waals surface area contributed by atoms with E-state index in [4.69, 9.17) is 4.74 Å². The minimum Gasteiger partial charge on any atom is -0.452 e. The lowest BCUT2D eigenvalue weighted by Crippen LogP contribution is -2.30. The van der Waals surface area contributed by atoms with Crippen LogP contribution >= 0.6 is 0 Å². The molecule has 0 fully saturated rings. The number of esters is 1. The van der Waals surface area contributed by atoms with Crippen molar-refractivity contribution in [1.29, 1.82) is 0 Å². The van der Waals surface area contributed by atoms with Crippen molar-refractivity contribution in [3.63, 3.8) is 0 Å². The lowest BCUT2D eigenvalue weighted by atomic mass is 10.1. The van der Waals surface area contributed by atoms with Gasteiger partial charge in [0.25, 0.3) is 5.91 Å². The molecule has 2 N–H and O–H groups in total. The molecule has 29 heavy (non-hydrogen) atoms. The van der Waals surface area contributed by atoms with Gasteiger partial charge in [0, 0.05) is 23.6 Å².